The molecule has 1 unspecified atom stereocenters. The fourth-order valence-electron chi connectivity index (χ4n) is 3.58. The molecule has 2 aromatic rings. The van der Waals surface area contributed by atoms with E-state index in [1.165, 1.54) is 17.1 Å². The number of phenols is 1. The van der Waals surface area contributed by atoms with E-state index in [4.69, 9.17) is 9.47 Å². The number of hydrazone groups is 1. The van der Waals surface area contributed by atoms with E-state index in [0.29, 0.717) is 37.2 Å². The molecule has 1 N–H and O–H groups in total. The number of morpholine rings is 1. The highest BCUT2D eigenvalue weighted by Gasteiger charge is 2.32. The van der Waals surface area contributed by atoms with Gasteiger partial charge in [-0.1, -0.05) is 6.07 Å². The van der Waals surface area contributed by atoms with Crippen LogP contribution in [0.2, 0.25) is 0 Å². The van der Waals surface area contributed by atoms with Crippen molar-refractivity contribution in [2.45, 2.75) is 25.5 Å². The molecule has 170 valence electrons. The number of hydrogen-bond acceptors (Lipinski definition) is 7. The van der Waals surface area contributed by atoms with Crippen molar-refractivity contribution in [3.05, 3.63) is 64.7 Å². The first kappa shape index (κ1) is 22.1. The van der Waals surface area contributed by atoms with Gasteiger partial charge in [0.05, 0.1) is 25.3 Å². The van der Waals surface area contributed by atoms with E-state index in [1.807, 2.05) is 12.1 Å². The van der Waals surface area contributed by atoms with Crippen molar-refractivity contribution in [3.63, 3.8) is 0 Å². The quantitative estimate of drug-likeness (QED) is 0.684. The number of phenolic OH excluding ortho intramolecular Hbond substituents is 1. The van der Waals surface area contributed by atoms with Crippen LogP contribution in [-0.4, -0.2) is 59.7 Å². The normalized spacial score (nSPS) is 19.5. The van der Waals surface area contributed by atoms with Crippen molar-refractivity contribution in [3.8, 4) is 5.75 Å². The molecule has 2 aliphatic rings. The smallest absolute Gasteiger partial charge is 0.416 e. The van der Waals surface area contributed by atoms with E-state index in [-0.39, 0.29) is 18.2 Å². The molecule has 10 heteroatoms. The lowest BCUT2D eigenvalue weighted by molar-refractivity contribution is -0.137. The van der Waals surface area contributed by atoms with Crippen LogP contribution in [-0.2, 0) is 33.5 Å². The Kier molecular flexibility index (Phi) is 6.33. The van der Waals surface area contributed by atoms with Gasteiger partial charge in [0.15, 0.2) is 6.29 Å². The van der Waals surface area contributed by atoms with Gasteiger partial charge in [0.1, 0.15) is 5.75 Å². The number of halogens is 3. The lowest BCUT2D eigenvalue weighted by atomic mass is 10.1. The van der Waals surface area contributed by atoms with Gasteiger partial charge in [-0.05, 0) is 42.0 Å². The fourth-order valence-corrected chi connectivity index (χ4v) is 3.58. The van der Waals surface area contributed by atoms with Crippen LogP contribution in [0.15, 0.2) is 47.6 Å². The maximum Gasteiger partial charge on any atom is 0.416 e. The van der Waals surface area contributed by atoms with Crippen molar-refractivity contribution in [1.82, 2.24) is 9.91 Å². The summed E-state index contributed by atoms with van der Waals surface area (Å²) >= 11 is 0. The average molecular weight is 449 g/mol. The number of rotatable bonds is 6. The molecule has 32 heavy (non-hydrogen) atoms. The molecule has 2 aliphatic heterocycles. The zero-order valence-corrected chi connectivity index (χ0v) is 17.1. The lowest BCUT2D eigenvalue weighted by Crippen LogP contribution is -2.35. The summed E-state index contributed by atoms with van der Waals surface area (Å²) in [6.07, 6.45) is -4.94. The average Bonchev–Trinajstić information content (AvgIpc) is 3.19. The van der Waals surface area contributed by atoms with Crippen LogP contribution in [0.1, 0.15) is 22.3 Å². The van der Waals surface area contributed by atoms with E-state index in [2.05, 4.69) is 10.0 Å². The Labute approximate surface area is 182 Å². The van der Waals surface area contributed by atoms with Crippen LogP contribution in [0.5, 0.6) is 5.75 Å². The molecule has 0 saturated carbocycles. The predicted molar refractivity (Wildman–Crippen MR) is 109 cm³/mol. The molecule has 0 bridgehead atoms. The van der Waals surface area contributed by atoms with Gasteiger partial charge >= 0.3 is 6.18 Å². The molecule has 0 radical (unpaired) electrons. The van der Waals surface area contributed by atoms with Crippen molar-refractivity contribution < 1.29 is 32.5 Å². The Bertz CT molecular complexity index is 989. The second-order valence-corrected chi connectivity index (χ2v) is 7.57. The first-order valence-electron chi connectivity index (χ1n) is 10.1. The zero-order valence-electron chi connectivity index (χ0n) is 17.1. The van der Waals surface area contributed by atoms with Gasteiger partial charge in [-0.3, -0.25) is 9.69 Å². The Morgan fingerprint density at radius 1 is 1.09 bits per heavy atom. The van der Waals surface area contributed by atoms with Crippen LogP contribution in [0.4, 0.5) is 13.2 Å². The first-order chi connectivity index (χ1) is 15.3. The fraction of sp³-hybridized carbons (Fsp3) is 0.364. The highest BCUT2D eigenvalue weighted by atomic mass is 19.4. The number of alkyl halides is 3. The standard InChI is InChI=1S/C22H22F3N3O4/c23-22(24,25)18-4-2-16(3-5-18)21-26-28(20(14-29)32-21)13-17-11-15(1-6-19(17)30)12-27-7-9-31-10-8-27/h1-6,11,14,20,30H,7-10,12-13H2. The highest BCUT2D eigenvalue weighted by Crippen LogP contribution is 2.30. The minimum Gasteiger partial charge on any atom is -0.508 e. The minimum absolute atomic E-state index is 0.0415. The topological polar surface area (TPSA) is 74.6 Å². The minimum atomic E-state index is -4.45. The monoisotopic (exact) mass is 449 g/mol. The number of aldehydes is 1. The van der Waals surface area contributed by atoms with Crippen molar-refractivity contribution in [2.24, 2.45) is 5.10 Å². The van der Waals surface area contributed by atoms with E-state index < -0.39 is 18.0 Å². The molecular formula is C22H22F3N3O4. The van der Waals surface area contributed by atoms with Gasteiger partial charge in [-0.2, -0.15) is 13.2 Å². The Morgan fingerprint density at radius 3 is 2.47 bits per heavy atom. The zero-order chi connectivity index (χ0) is 22.7. The second kappa shape index (κ2) is 9.17. The van der Waals surface area contributed by atoms with E-state index >= 15 is 0 Å². The molecule has 2 heterocycles. The van der Waals surface area contributed by atoms with Crippen molar-refractivity contribution in [2.75, 3.05) is 26.3 Å². The van der Waals surface area contributed by atoms with Gasteiger partial charge < -0.3 is 14.6 Å². The molecule has 4 rings (SSSR count). The molecule has 2 aromatic carbocycles. The maximum absolute atomic E-state index is 12.8. The molecule has 0 amide bonds. The summed E-state index contributed by atoms with van der Waals surface area (Å²) in [5.41, 5.74) is 1.08. The molecule has 1 atom stereocenters. The SMILES string of the molecule is O=CC1OC(c2ccc(C(F)(F)F)cc2)=NN1Cc1cc(CN2CCOCC2)ccc1O. The number of carbonyl (C=O) groups is 1. The largest absolute Gasteiger partial charge is 0.508 e. The number of hydrogen-bond donors (Lipinski definition) is 1. The van der Waals surface area contributed by atoms with Gasteiger partial charge in [0, 0.05) is 30.8 Å². The summed E-state index contributed by atoms with van der Waals surface area (Å²) in [7, 11) is 0. The van der Waals surface area contributed by atoms with E-state index in [0.717, 1.165) is 30.8 Å². The lowest BCUT2D eigenvalue weighted by Gasteiger charge is -2.27. The third-order valence-electron chi connectivity index (χ3n) is 5.31. The van der Waals surface area contributed by atoms with E-state index in [9.17, 15) is 23.1 Å². The Hall–Kier alpha value is -3.11. The Morgan fingerprint density at radius 2 is 1.81 bits per heavy atom. The Balaban J connectivity index is 1.50. The molecular weight excluding hydrogens is 427 g/mol. The van der Waals surface area contributed by atoms with Gasteiger partial charge in [-0.15, -0.1) is 5.10 Å². The van der Waals surface area contributed by atoms with Crippen molar-refractivity contribution >= 4 is 12.2 Å². The summed E-state index contributed by atoms with van der Waals surface area (Å²) in [6, 6.07) is 9.63. The highest BCUT2D eigenvalue weighted by molar-refractivity contribution is 5.95. The summed E-state index contributed by atoms with van der Waals surface area (Å²) in [6.45, 7) is 3.80. The van der Waals surface area contributed by atoms with Crippen LogP contribution in [0.25, 0.3) is 0 Å². The number of benzene rings is 2. The first-order valence-corrected chi connectivity index (χ1v) is 10.1. The molecule has 1 saturated heterocycles. The third kappa shape index (κ3) is 5.03. The van der Waals surface area contributed by atoms with Crippen LogP contribution < -0.4 is 0 Å². The maximum atomic E-state index is 12.8. The van der Waals surface area contributed by atoms with Crippen LogP contribution in [0, 0.1) is 0 Å². The van der Waals surface area contributed by atoms with Crippen LogP contribution >= 0.6 is 0 Å². The molecule has 7 nitrogen and oxygen atoms in total. The number of ether oxygens (including phenoxy) is 2. The third-order valence-corrected chi connectivity index (χ3v) is 5.31. The molecule has 0 aliphatic carbocycles. The number of nitrogens with zero attached hydrogens (tertiary/aromatic N) is 3. The summed E-state index contributed by atoms with van der Waals surface area (Å²) in [4.78, 5) is 13.8. The summed E-state index contributed by atoms with van der Waals surface area (Å²) in [5.74, 6) is 0.0957. The summed E-state index contributed by atoms with van der Waals surface area (Å²) < 4.78 is 49.2. The van der Waals surface area contributed by atoms with Crippen LogP contribution in [0.3, 0.4) is 0 Å². The predicted octanol–water partition coefficient (Wildman–Crippen LogP) is 2.96. The van der Waals surface area contributed by atoms with Gasteiger partial charge in [0.2, 0.25) is 12.1 Å². The summed E-state index contributed by atoms with van der Waals surface area (Å²) in [5, 5.41) is 15.9. The molecule has 0 aromatic heterocycles. The molecule has 0 spiro atoms. The second-order valence-electron chi connectivity index (χ2n) is 7.57. The number of carbonyl (C=O) groups excluding carboxylic acids is 1. The van der Waals surface area contributed by atoms with Gasteiger partial charge in [0.25, 0.3) is 0 Å². The van der Waals surface area contributed by atoms with Gasteiger partial charge in [-0.25, -0.2) is 5.01 Å². The van der Waals surface area contributed by atoms with Crippen molar-refractivity contribution in [1.29, 1.82) is 0 Å². The molecule has 1 fully saturated rings. The van der Waals surface area contributed by atoms with E-state index in [1.54, 1.807) is 6.07 Å². The number of aromatic hydroxyl groups is 1.